The smallest absolute Gasteiger partial charge is 0.221 e. The highest BCUT2D eigenvalue weighted by Crippen LogP contribution is 2.41. The number of fused-ring (bicyclic) bond motifs is 1. The van der Waals surface area contributed by atoms with E-state index < -0.39 is 0 Å². The summed E-state index contributed by atoms with van der Waals surface area (Å²) in [6, 6.07) is 8.76. The second kappa shape index (κ2) is 6.50. The van der Waals surface area contributed by atoms with Crippen LogP contribution in [0.5, 0.6) is 0 Å². The molecule has 0 spiro atoms. The molecule has 114 valence electrons. The molecule has 2 fully saturated rings. The van der Waals surface area contributed by atoms with Gasteiger partial charge < -0.3 is 11.1 Å². The zero-order valence-corrected chi connectivity index (χ0v) is 12.7. The molecule has 3 nitrogen and oxygen atoms in total. The van der Waals surface area contributed by atoms with E-state index in [2.05, 4.69) is 17.4 Å². The first kappa shape index (κ1) is 14.4. The molecule has 1 aromatic carbocycles. The van der Waals surface area contributed by atoms with Crippen molar-refractivity contribution in [1.29, 1.82) is 0 Å². The minimum absolute atomic E-state index is 0.272. The summed E-state index contributed by atoms with van der Waals surface area (Å²) in [7, 11) is 0. The standard InChI is InChI=1S/C18H26N2O/c19-18(21)11-13-5-8-16(9-6-13)20-17-10-7-14-3-1-2-4-15(14)12-17/h5-6,8-9,14-15,17,20H,1-4,7,10-12H2,(H2,19,21). The van der Waals surface area contributed by atoms with Crippen LogP contribution in [0.1, 0.15) is 50.5 Å². The van der Waals surface area contributed by atoms with Gasteiger partial charge in [-0.15, -0.1) is 0 Å². The van der Waals surface area contributed by atoms with Gasteiger partial charge in [0.05, 0.1) is 6.42 Å². The largest absolute Gasteiger partial charge is 0.382 e. The van der Waals surface area contributed by atoms with Crippen molar-refractivity contribution in [2.24, 2.45) is 17.6 Å². The van der Waals surface area contributed by atoms with E-state index in [1.807, 2.05) is 12.1 Å². The summed E-state index contributed by atoms with van der Waals surface area (Å²) in [6.07, 6.45) is 10.1. The molecule has 0 saturated heterocycles. The monoisotopic (exact) mass is 286 g/mol. The number of rotatable bonds is 4. The highest BCUT2D eigenvalue weighted by atomic mass is 16.1. The van der Waals surface area contributed by atoms with Gasteiger partial charge in [-0.05, 0) is 48.8 Å². The van der Waals surface area contributed by atoms with Crippen molar-refractivity contribution in [3.8, 4) is 0 Å². The fourth-order valence-corrected chi connectivity index (χ4v) is 4.16. The van der Waals surface area contributed by atoms with Gasteiger partial charge in [0, 0.05) is 11.7 Å². The quantitative estimate of drug-likeness (QED) is 0.890. The van der Waals surface area contributed by atoms with Crippen LogP contribution in [0.25, 0.3) is 0 Å². The van der Waals surface area contributed by atoms with E-state index in [9.17, 15) is 4.79 Å². The van der Waals surface area contributed by atoms with Gasteiger partial charge in [0.2, 0.25) is 5.91 Å². The summed E-state index contributed by atoms with van der Waals surface area (Å²) < 4.78 is 0. The number of amides is 1. The van der Waals surface area contributed by atoms with Crippen LogP contribution in [0.15, 0.2) is 24.3 Å². The first-order valence-corrected chi connectivity index (χ1v) is 8.34. The first-order chi connectivity index (χ1) is 10.2. The van der Waals surface area contributed by atoms with E-state index in [0.29, 0.717) is 12.5 Å². The van der Waals surface area contributed by atoms with Crippen molar-refractivity contribution in [2.75, 3.05) is 5.32 Å². The van der Waals surface area contributed by atoms with E-state index in [1.54, 1.807) is 0 Å². The molecule has 0 aliphatic heterocycles. The number of anilines is 1. The summed E-state index contributed by atoms with van der Waals surface area (Å²) in [4.78, 5) is 10.9. The predicted molar refractivity (Wildman–Crippen MR) is 86.1 cm³/mol. The highest BCUT2D eigenvalue weighted by Gasteiger charge is 2.31. The molecule has 1 amide bonds. The van der Waals surface area contributed by atoms with Crippen molar-refractivity contribution in [1.82, 2.24) is 0 Å². The predicted octanol–water partition coefficient (Wildman–Crippen LogP) is 3.49. The Labute approximate surface area is 127 Å². The molecule has 21 heavy (non-hydrogen) atoms. The third kappa shape index (κ3) is 3.78. The number of hydrogen-bond donors (Lipinski definition) is 2. The number of carbonyl (C=O) groups excluding carboxylic acids is 1. The minimum atomic E-state index is -0.272. The Balaban J connectivity index is 1.55. The fraction of sp³-hybridized carbons (Fsp3) is 0.611. The van der Waals surface area contributed by atoms with Crippen LogP contribution in [-0.4, -0.2) is 11.9 Å². The van der Waals surface area contributed by atoms with E-state index in [1.165, 1.54) is 50.6 Å². The molecule has 2 saturated carbocycles. The van der Waals surface area contributed by atoms with Crippen molar-refractivity contribution in [2.45, 2.75) is 57.4 Å². The Hall–Kier alpha value is -1.51. The van der Waals surface area contributed by atoms with Crippen LogP contribution in [0.2, 0.25) is 0 Å². The lowest BCUT2D eigenvalue weighted by molar-refractivity contribution is -0.117. The van der Waals surface area contributed by atoms with Crippen molar-refractivity contribution < 1.29 is 4.79 Å². The maximum absolute atomic E-state index is 10.9. The Bertz CT molecular complexity index is 482. The maximum Gasteiger partial charge on any atom is 0.221 e. The van der Waals surface area contributed by atoms with Crippen LogP contribution in [-0.2, 0) is 11.2 Å². The number of primary amides is 1. The molecule has 3 heteroatoms. The number of hydrogen-bond acceptors (Lipinski definition) is 2. The molecule has 3 atom stereocenters. The molecule has 1 aromatic rings. The maximum atomic E-state index is 10.9. The van der Waals surface area contributed by atoms with Gasteiger partial charge in [0.25, 0.3) is 0 Å². The molecule has 0 radical (unpaired) electrons. The summed E-state index contributed by atoms with van der Waals surface area (Å²) in [5.41, 5.74) is 7.38. The molecule has 2 aliphatic rings. The van der Waals surface area contributed by atoms with Crippen LogP contribution < -0.4 is 11.1 Å². The molecule has 3 unspecified atom stereocenters. The number of benzene rings is 1. The zero-order valence-electron chi connectivity index (χ0n) is 12.7. The SMILES string of the molecule is NC(=O)Cc1ccc(NC2CCC3CCCCC3C2)cc1. The van der Waals surface area contributed by atoms with Crippen LogP contribution in [0, 0.1) is 11.8 Å². The van der Waals surface area contributed by atoms with Crippen LogP contribution in [0.4, 0.5) is 5.69 Å². The fourth-order valence-electron chi connectivity index (χ4n) is 4.16. The van der Waals surface area contributed by atoms with Crippen LogP contribution >= 0.6 is 0 Å². The summed E-state index contributed by atoms with van der Waals surface area (Å²) >= 11 is 0. The number of nitrogens with one attached hydrogen (secondary N) is 1. The van der Waals surface area contributed by atoms with E-state index >= 15 is 0 Å². The Kier molecular flexibility index (Phi) is 4.47. The normalized spacial score (nSPS) is 28.7. The lowest BCUT2D eigenvalue weighted by Gasteiger charge is -2.39. The summed E-state index contributed by atoms with van der Waals surface area (Å²) in [6.45, 7) is 0. The van der Waals surface area contributed by atoms with Gasteiger partial charge in [0.1, 0.15) is 0 Å². The Morgan fingerprint density at radius 3 is 2.48 bits per heavy atom. The second-order valence-corrected chi connectivity index (χ2v) is 6.80. The third-order valence-corrected chi connectivity index (χ3v) is 5.24. The van der Waals surface area contributed by atoms with Crippen molar-refractivity contribution in [3.63, 3.8) is 0 Å². The van der Waals surface area contributed by atoms with Gasteiger partial charge in [-0.2, -0.15) is 0 Å². The van der Waals surface area contributed by atoms with Gasteiger partial charge >= 0.3 is 0 Å². The highest BCUT2D eigenvalue weighted by molar-refractivity contribution is 5.76. The van der Waals surface area contributed by atoms with E-state index in [0.717, 1.165) is 17.4 Å². The molecular weight excluding hydrogens is 260 g/mol. The van der Waals surface area contributed by atoms with Gasteiger partial charge in [-0.25, -0.2) is 0 Å². The Morgan fingerprint density at radius 2 is 1.76 bits per heavy atom. The van der Waals surface area contributed by atoms with Gasteiger partial charge in [0.15, 0.2) is 0 Å². The van der Waals surface area contributed by atoms with Crippen LogP contribution in [0.3, 0.4) is 0 Å². The first-order valence-electron chi connectivity index (χ1n) is 8.34. The summed E-state index contributed by atoms with van der Waals surface area (Å²) in [5, 5.41) is 3.68. The average molecular weight is 286 g/mol. The lowest BCUT2D eigenvalue weighted by atomic mass is 9.69. The summed E-state index contributed by atoms with van der Waals surface area (Å²) in [5.74, 6) is 1.67. The molecule has 0 aromatic heterocycles. The molecule has 2 aliphatic carbocycles. The minimum Gasteiger partial charge on any atom is -0.382 e. The van der Waals surface area contributed by atoms with Gasteiger partial charge in [-0.1, -0.05) is 37.8 Å². The average Bonchev–Trinajstić information content (AvgIpc) is 2.49. The Morgan fingerprint density at radius 1 is 1.05 bits per heavy atom. The molecule has 3 rings (SSSR count). The lowest BCUT2D eigenvalue weighted by Crippen LogP contribution is -2.34. The number of nitrogens with two attached hydrogens (primary N) is 1. The van der Waals surface area contributed by atoms with Gasteiger partial charge in [-0.3, -0.25) is 4.79 Å². The number of carbonyl (C=O) groups is 1. The zero-order chi connectivity index (χ0) is 14.7. The molecular formula is C18H26N2O. The van der Waals surface area contributed by atoms with E-state index in [-0.39, 0.29) is 5.91 Å². The van der Waals surface area contributed by atoms with E-state index in [4.69, 9.17) is 5.73 Å². The molecule has 0 heterocycles. The van der Waals surface area contributed by atoms with Crippen molar-refractivity contribution >= 4 is 11.6 Å². The third-order valence-electron chi connectivity index (χ3n) is 5.24. The second-order valence-electron chi connectivity index (χ2n) is 6.80. The van der Waals surface area contributed by atoms with Crippen molar-refractivity contribution in [3.05, 3.63) is 29.8 Å². The molecule has 3 N–H and O–H groups in total. The topological polar surface area (TPSA) is 55.1 Å². The molecule has 0 bridgehead atoms.